The summed E-state index contributed by atoms with van der Waals surface area (Å²) in [4.78, 5) is 0. The Bertz CT molecular complexity index is 271. The maximum atomic E-state index is 9.51. The van der Waals surface area contributed by atoms with Crippen molar-refractivity contribution < 1.29 is 0 Å². The Hall–Kier alpha value is -0.200. The molecule has 0 radical (unpaired) electrons. The van der Waals surface area contributed by atoms with E-state index in [4.69, 9.17) is 0 Å². The van der Waals surface area contributed by atoms with E-state index < -0.39 is 0 Å². The van der Waals surface area contributed by atoms with Gasteiger partial charge in [-0.3, -0.25) is 5.32 Å². The van der Waals surface area contributed by atoms with Gasteiger partial charge in [0.1, 0.15) is 5.54 Å². The Morgan fingerprint density at radius 3 is 2.25 bits per heavy atom. The van der Waals surface area contributed by atoms with Crippen molar-refractivity contribution in [3.05, 3.63) is 0 Å². The third kappa shape index (κ3) is 3.99. The predicted octanol–water partition coefficient (Wildman–Crippen LogP) is 3.19. The molecule has 1 rings (SSSR count). The molecule has 0 aromatic heterocycles. The molecule has 1 N–H and O–H groups in total. The lowest BCUT2D eigenvalue weighted by atomic mass is 9.96. The van der Waals surface area contributed by atoms with Crippen molar-refractivity contribution >= 4 is 11.8 Å². The Morgan fingerprint density at radius 1 is 1.38 bits per heavy atom. The molecular weight excluding hydrogens is 216 g/mol. The van der Waals surface area contributed by atoms with Crippen molar-refractivity contribution in [1.29, 1.82) is 5.26 Å². The number of nitriles is 1. The average molecular weight is 240 g/mol. The summed E-state index contributed by atoms with van der Waals surface area (Å²) in [5, 5.41) is 13.0. The van der Waals surface area contributed by atoms with Gasteiger partial charge in [0.2, 0.25) is 0 Å². The second kappa shape index (κ2) is 4.98. The lowest BCUT2D eigenvalue weighted by molar-refractivity contribution is 0.370. The van der Waals surface area contributed by atoms with Crippen LogP contribution in [0.25, 0.3) is 0 Å². The van der Waals surface area contributed by atoms with Gasteiger partial charge < -0.3 is 0 Å². The van der Waals surface area contributed by atoms with Crippen LogP contribution in [0.1, 0.15) is 47.5 Å². The molecule has 0 aromatic rings. The van der Waals surface area contributed by atoms with Gasteiger partial charge in [-0.15, -0.1) is 0 Å². The normalized spacial score (nSPS) is 20.6. The molecule has 1 unspecified atom stereocenters. The summed E-state index contributed by atoms with van der Waals surface area (Å²) >= 11 is 1.89. The number of nitrogens with one attached hydrogen (secondary N) is 1. The van der Waals surface area contributed by atoms with Crippen LogP contribution in [0.2, 0.25) is 0 Å². The van der Waals surface area contributed by atoms with E-state index in [1.54, 1.807) is 0 Å². The first kappa shape index (κ1) is 13.9. The number of thioether (sulfide) groups is 1. The molecule has 1 saturated carbocycles. The molecule has 2 nitrogen and oxygen atoms in total. The summed E-state index contributed by atoms with van der Waals surface area (Å²) in [5.41, 5.74) is -0.299. The Kier molecular flexibility index (Phi) is 4.31. The zero-order valence-electron chi connectivity index (χ0n) is 11.1. The lowest BCUT2D eigenvalue weighted by Gasteiger charge is -2.32. The van der Waals surface area contributed by atoms with E-state index in [2.05, 4.69) is 46.0 Å². The van der Waals surface area contributed by atoms with E-state index in [-0.39, 0.29) is 10.3 Å². The molecule has 0 heterocycles. The average Bonchev–Trinajstić information content (AvgIpc) is 2.93. The van der Waals surface area contributed by atoms with E-state index in [0.29, 0.717) is 12.0 Å². The monoisotopic (exact) mass is 240 g/mol. The van der Waals surface area contributed by atoms with Crippen LogP contribution >= 0.6 is 11.8 Å². The zero-order chi connectivity index (χ0) is 12.4. The third-order valence-corrected chi connectivity index (χ3v) is 4.22. The largest absolute Gasteiger partial charge is 0.296 e. The molecule has 1 aliphatic rings. The molecule has 0 saturated heterocycles. The molecule has 1 atom stereocenters. The van der Waals surface area contributed by atoms with E-state index in [9.17, 15) is 5.26 Å². The van der Waals surface area contributed by atoms with Crippen molar-refractivity contribution in [2.75, 3.05) is 5.75 Å². The van der Waals surface area contributed by atoms with Gasteiger partial charge in [0, 0.05) is 16.5 Å². The van der Waals surface area contributed by atoms with Crippen molar-refractivity contribution in [3.63, 3.8) is 0 Å². The van der Waals surface area contributed by atoms with Crippen LogP contribution in [-0.2, 0) is 0 Å². The fourth-order valence-corrected chi connectivity index (χ4v) is 2.90. The summed E-state index contributed by atoms with van der Waals surface area (Å²) in [6, 6.07) is 2.93. The fourth-order valence-electron chi connectivity index (χ4n) is 1.85. The van der Waals surface area contributed by atoms with Gasteiger partial charge in [0.05, 0.1) is 6.07 Å². The van der Waals surface area contributed by atoms with Crippen LogP contribution in [0.3, 0.4) is 0 Å². The standard InChI is InChI=1S/C13H24N2S/c1-10(2)15-13(8-14,11-6-7-11)9-16-12(3,4)5/h10-11,15H,6-7,9H2,1-5H3. The highest BCUT2D eigenvalue weighted by atomic mass is 32.2. The first-order valence-corrected chi connectivity index (χ1v) is 7.10. The van der Waals surface area contributed by atoms with Crippen molar-refractivity contribution in [1.82, 2.24) is 5.32 Å². The summed E-state index contributed by atoms with van der Waals surface area (Å²) in [7, 11) is 0. The molecule has 0 aromatic carbocycles. The minimum Gasteiger partial charge on any atom is -0.296 e. The second-order valence-corrected chi connectivity index (χ2v) is 7.86. The molecule has 1 fully saturated rings. The maximum absolute atomic E-state index is 9.51. The third-order valence-electron chi connectivity index (χ3n) is 2.75. The lowest BCUT2D eigenvalue weighted by Crippen LogP contribution is -2.52. The fraction of sp³-hybridized carbons (Fsp3) is 0.923. The maximum Gasteiger partial charge on any atom is 0.118 e. The van der Waals surface area contributed by atoms with Gasteiger partial charge in [0.15, 0.2) is 0 Å². The zero-order valence-corrected chi connectivity index (χ0v) is 11.9. The second-order valence-electron chi connectivity index (χ2n) is 6.06. The highest BCUT2D eigenvalue weighted by Crippen LogP contribution is 2.43. The van der Waals surface area contributed by atoms with Crippen LogP contribution < -0.4 is 5.32 Å². The summed E-state index contributed by atoms with van der Waals surface area (Å²) in [6.45, 7) is 10.9. The number of rotatable bonds is 5. The molecular formula is C13H24N2S. The number of hydrogen-bond acceptors (Lipinski definition) is 3. The van der Waals surface area contributed by atoms with Crippen LogP contribution in [0.5, 0.6) is 0 Å². The van der Waals surface area contributed by atoms with Crippen LogP contribution in [-0.4, -0.2) is 22.1 Å². The molecule has 92 valence electrons. The van der Waals surface area contributed by atoms with Gasteiger partial charge in [-0.1, -0.05) is 20.8 Å². The Balaban J connectivity index is 2.67. The molecule has 3 heteroatoms. The smallest absolute Gasteiger partial charge is 0.118 e. The number of nitrogens with zero attached hydrogens (tertiary/aromatic N) is 1. The molecule has 0 bridgehead atoms. The van der Waals surface area contributed by atoms with Crippen LogP contribution in [0.4, 0.5) is 0 Å². The molecule has 0 amide bonds. The van der Waals surface area contributed by atoms with Crippen molar-refractivity contribution in [2.24, 2.45) is 5.92 Å². The predicted molar refractivity (Wildman–Crippen MR) is 71.6 cm³/mol. The van der Waals surface area contributed by atoms with Crippen molar-refractivity contribution in [2.45, 2.75) is 63.8 Å². The van der Waals surface area contributed by atoms with E-state index in [1.165, 1.54) is 12.8 Å². The Morgan fingerprint density at radius 2 is 1.94 bits per heavy atom. The molecule has 0 spiro atoms. The summed E-state index contributed by atoms with van der Waals surface area (Å²) in [5.74, 6) is 1.46. The summed E-state index contributed by atoms with van der Waals surface area (Å²) in [6.07, 6.45) is 2.41. The van der Waals surface area contributed by atoms with Gasteiger partial charge >= 0.3 is 0 Å². The minimum absolute atomic E-state index is 0.232. The van der Waals surface area contributed by atoms with Gasteiger partial charge in [-0.05, 0) is 32.6 Å². The SMILES string of the molecule is CC(C)NC(C#N)(CSC(C)(C)C)C1CC1. The molecule has 0 aliphatic heterocycles. The molecule has 16 heavy (non-hydrogen) atoms. The number of hydrogen-bond donors (Lipinski definition) is 1. The first-order valence-electron chi connectivity index (χ1n) is 6.12. The van der Waals surface area contributed by atoms with Gasteiger partial charge in [-0.25, -0.2) is 0 Å². The van der Waals surface area contributed by atoms with E-state index in [1.807, 2.05) is 11.8 Å². The topological polar surface area (TPSA) is 35.8 Å². The molecule has 1 aliphatic carbocycles. The van der Waals surface area contributed by atoms with Crippen LogP contribution in [0.15, 0.2) is 0 Å². The van der Waals surface area contributed by atoms with Crippen LogP contribution in [0, 0.1) is 17.2 Å². The first-order chi connectivity index (χ1) is 7.29. The van der Waals surface area contributed by atoms with Crippen molar-refractivity contribution in [3.8, 4) is 6.07 Å². The van der Waals surface area contributed by atoms with Gasteiger partial charge in [0.25, 0.3) is 0 Å². The highest BCUT2D eigenvalue weighted by Gasteiger charge is 2.46. The highest BCUT2D eigenvalue weighted by molar-refractivity contribution is 8.00. The quantitative estimate of drug-likeness (QED) is 0.801. The van der Waals surface area contributed by atoms with E-state index in [0.717, 1.165) is 5.75 Å². The van der Waals surface area contributed by atoms with Gasteiger partial charge in [-0.2, -0.15) is 17.0 Å². The van der Waals surface area contributed by atoms with E-state index >= 15 is 0 Å². The minimum atomic E-state index is -0.299. The Labute approximate surface area is 104 Å². The summed E-state index contributed by atoms with van der Waals surface area (Å²) < 4.78 is 0.232.